The van der Waals surface area contributed by atoms with Crippen molar-refractivity contribution in [1.82, 2.24) is 0 Å². The van der Waals surface area contributed by atoms with E-state index in [0.717, 1.165) is 6.26 Å². The predicted molar refractivity (Wildman–Crippen MR) is 80.2 cm³/mol. The summed E-state index contributed by atoms with van der Waals surface area (Å²) in [6.45, 7) is 0. The highest BCUT2D eigenvalue weighted by Gasteiger charge is 2.13. The summed E-state index contributed by atoms with van der Waals surface area (Å²) in [5, 5.41) is 9.00. The Morgan fingerprint density at radius 2 is 1.95 bits per heavy atom. The summed E-state index contributed by atoms with van der Waals surface area (Å²) >= 11 is 1.31. The minimum atomic E-state index is -3.31. The lowest BCUT2D eigenvalue weighted by molar-refractivity contribution is 0.600. The molecule has 2 aromatic rings. The van der Waals surface area contributed by atoms with Crippen molar-refractivity contribution in [3.05, 3.63) is 59.4 Å². The second-order valence-electron chi connectivity index (χ2n) is 4.42. The number of benzene rings is 2. The summed E-state index contributed by atoms with van der Waals surface area (Å²) in [5.41, 5.74) is 0.937. The second-order valence-corrected chi connectivity index (χ2v) is 7.42. The zero-order valence-electron chi connectivity index (χ0n) is 11.2. The van der Waals surface area contributed by atoms with Crippen LogP contribution >= 0.6 is 11.8 Å². The van der Waals surface area contributed by atoms with Crippen molar-refractivity contribution in [1.29, 1.82) is 5.26 Å². The standard InChI is InChI=1S/C15H12FNO2S2/c1-21(18,19)15-5-3-2-4-14(15)20-10-11-6-7-13(16)8-12(11)9-17/h2-8H,10H2,1H3. The van der Waals surface area contributed by atoms with E-state index in [4.69, 9.17) is 5.26 Å². The first kappa shape index (κ1) is 15.5. The zero-order chi connectivity index (χ0) is 15.5. The number of rotatable bonds is 4. The van der Waals surface area contributed by atoms with Gasteiger partial charge in [-0.1, -0.05) is 18.2 Å². The normalized spacial score (nSPS) is 11.1. The highest BCUT2D eigenvalue weighted by molar-refractivity contribution is 7.99. The molecule has 2 rings (SSSR count). The van der Waals surface area contributed by atoms with Crippen molar-refractivity contribution >= 4 is 21.6 Å². The Hall–Kier alpha value is -1.84. The average Bonchev–Trinajstić information content (AvgIpc) is 2.45. The van der Waals surface area contributed by atoms with Crippen LogP contribution in [-0.4, -0.2) is 14.7 Å². The molecular formula is C15H12FNO2S2. The lowest BCUT2D eigenvalue weighted by Crippen LogP contribution is -1.99. The highest BCUT2D eigenvalue weighted by atomic mass is 32.2. The zero-order valence-corrected chi connectivity index (χ0v) is 12.8. The van der Waals surface area contributed by atoms with Gasteiger partial charge in [-0.05, 0) is 29.8 Å². The van der Waals surface area contributed by atoms with Crippen LogP contribution in [0.2, 0.25) is 0 Å². The van der Waals surface area contributed by atoms with Gasteiger partial charge in [0.15, 0.2) is 9.84 Å². The Balaban J connectivity index is 2.28. The van der Waals surface area contributed by atoms with Gasteiger partial charge in [-0.25, -0.2) is 12.8 Å². The molecule has 0 spiro atoms. The van der Waals surface area contributed by atoms with E-state index in [1.165, 1.54) is 23.9 Å². The SMILES string of the molecule is CS(=O)(=O)c1ccccc1SCc1ccc(F)cc1C#N. The number of halogens is 1. The Kier molecular flexibility index (Phi) is 4.66. The van der Waals surface area contributed by atoms with Crippen molar-refractivity contribution in [2.24, 2.45) is 0 Å². The molecule has 0 N–H and O–H groups in total. The van der Waals surface area contributed by atoms with Crippen molar-refractivity contribution in [3.63, 3.8) is 0 Å². The maximum Gasteiger partial charge on any atom is 0.176 e. The van der Waals surface area contributed by atoms with Crippen LogP contribution in [-0.2, 0) is 15.6 Å². The molecule has 0 heterocycles. The van der Waals surface area contributed by atoms with Gasteiger partial charge in [-0.3, -0.25) is 0 Å². The van der Waals surface area contributed by atoms with Gasteiger partial charge in [-0.2, -0.15) is 5.26 Å². The van der Waals surface area contributed by atoms with E-state index < -0.39 is 15.7 Å². The molecule has 0 amide bonds. The molecule has 21 heavy (non-hydrogen) atoms. The molecule has 0 unspecified atom stereocenters. The van der Waals surface area contributed by atoms with Crippen LogP contribution in [0.4, 0.5) is 4.39 Å². The van der Waals surface area contributed by atoms with Gasteiger partial charge in [0.05, 0.1) is 16.5 Å². The molecule has 0 aliphatic carbocycles. The fourth-order valence-electron chi connectivity index (χ4n) is 1.81. The van der Waals surface area contributed by atoms with Crippen molar-refractivity contribution in [3.8, 4) is 6.07 Å². The maximum absolute atomic E-state index is 13.1. The van der Waals surface area contributed by atoms with E-state index in [1.54, 1.807) is 30.3 Å². The molecule has 0 saturated carbocycles. The number of hydrogen-bond donors (Lipinski definition) is 0. The lowest BCUT2D eigenvalue weighted by Gasteiger charge is -2.08. The Morgan fingerprint density at radius 1 is 1.24 bits per heavy atom. The summed E-state index contributed by atoms with van der Waals surface area (Å²) in [6, 6.07) is 12.7. The summed E-state index contributed by atoms with van der Waals surface area (Å²) in [4.78, 5) is 0.879. The molecule has 0 atom stereocenters. The second kappa shape index (κ2) is 6.29. The number of nitriles is 1. The quantitative estimate of drug-likeness (QED) is 0.810. The Bertz CT molecular complexity index is 811. The van der Waals surface area contributed by atoms with Gasteiger partial charge in [0.2, 0.25) is 0 Å². The molecule has 0 saturated heterocycles. The minimum Gasteiger partial charge on any atom is -0.224 e. The van der Waals surface area contributed by atoms with E-state index >= 15 is 0 Å². The summed E-state index contributed by atoms with van der Waals surface area (Å²) in [6.07, 6.45) is 1.16. The molecule has 108 valence electrons. The van der Waals surface area contributed by atoms with Crippen LogP contribution < -0.4 is 0 Å². The van der Waals surface area contributed by atoms with E-state index in [2.05, 4.69) is 0 Å². The highest BCUT2D eigenvalue weighted by Crippen LogP contribution is 2.30. The van der Waals surface area contributed by atoms with Crippen LogP contribution in [0.15, 0.2) is 52.3 Å². The molecule has 0 radical (unpaired) electrons. The van der Waals surface area contributed by atoms with Crippen LogP contribution in [0.3, 0.4) is 0 Å². The first-order chi connectivity index (χ1) is 9.91. The molecule has 6 heteroatoms. The van der Waals surface area contributed by atoms with Crippen LogP contribution in [0.25, 0.3) is 0 Å². The first-order valence-electron chi connectivity index (χ1n) is 6.02. The lowest BCUT2D eigenvalue weighted by atomic mass is 10.1. The van der Waals surface area contributed by atoms with Crippen molar-refractivity contribution < 1.29 is 12.8 Å². The largest absolute Gasteiger partial charge is 0.224 e. The molecule has 0 aromatic heterocycles. The van der Waals surface area contributed by atoms with Gasteiger partial charge in [-0.15, -0.1) is 11.8 Å². The summed E-state index contributed by atoms with van der Waals surface area (Å²) < 4.78 is 36.5. The predicted octanol–water partition coefficient (Wildman–Crippen LogP) is 3.39. The molecule has 2 aromatic carbocycles. The van der Waals surface area contributed by atoms with Crippen molar-refractivity contribution in [2.75, 3.05) is 6.26 Å². The molecular weight excluding hydrogens is 309 g/mol. The topological polar surface area (TPSA) is 57.9 Å². The number of nitrogens with zero attached hydrogens (tertiary/aromatic N) is 1. The third kappa shape index (κ3) is 3.84. The molecule has 3 nitrogen and oxygen atoms in total. The molecule has 0 aliphatic heterocycles. The third-order valence-electron chi connectivity index (χ3n) is 2.82. The smallest absolute Gasteiger partial charge is 0.176 e. The number of thioether (sulfide) groups is 1. The number of hydrogen-bond acceptors (Lipinski definition) is 4. The summed E-state index contributed by atoms with van der Waals surface area (Å²) in [5.74, 6) is -0.0627. The van der Waals surface area contributed by atoms with Gasteiger partial charge in [0.1, 0.15) is 5.82 Å². The molecule has 0 bridgehead atoms. The first-order valence-corrected chi connectivity index (χ1v) is 8.90. The molecule has 0 fully saturated rings. The Morgan fingerprint density at radius 3 is 2.62 bits per heavy atom. The third-order valence-corrected chi connectivity index (χ3v) is 5.23. The van der Waals surface area contributed by atoms with Crippen LogP contribution in [0, 0.1) is 17.1 Å². The average molecular weight is 321 g/mol. The van der Waals surface area contributed by atoms with Gasteiger partial charge < -0.3 is 0 Å². The monoisotopic (exact) mass is 321 g/mol. The minimum absolute atomic E-state index is 0.260. The fourth-order valence-corrected chi connectivity index (χ4v) is 4.15. The maximum atomic E-state index is 13.1. The number of sulfone groups is 1. The fraction of sp³-hybridized carbons (Fsp3) is 0.133. The van der Waals surface area contributed by atoms with Gasteiger partial charge in [0, 0.05) is 16.9 Å². The van der Waals surface area contributed by atoms with E-state index in [0.29, 0.717) is 16.2 Å². The molecule has 0 aliphatic rings. The van der Waals surface area contributed by atoms with Gasteiger partial charge in [0.25, 0.3) is 0 Å². The van der Waals surface area contributed by atoms with Gasteiger partial charge >= 0.3 is 0 Å². The van der Waals surface area contributed by atoms with Crippen LogP contribution in [0.1, 0.15) is 11.1 Å². The van der Waals surface area contributed by atoms with E-state index in [-0.39, 0.29) is 10.5 Å². The van der Waals surface area contributed by atoms with Crippen molar-refractivity contribution in [2.45, 2.75) is 15.5 Å². The van der Waals surface area contributed by atoms with E-state index in [9.17, 15) is 12.8 Å². The summed E-state index contributed by atoms with van der Waals surface area (Å²) in [7, 11) is -3.31. The van der Waals surface area contributed by atoms with E-state index in [1.807, 2.05) is 6.07 Å². The van der Waals surface area contributed by atoms with Crippen LogP contribution in [0.5, 0.6) is 0 Å². The Labute approximate surface area is 127 Å².